The first-order chi connectivity index (χ1) is 10.6. The zero-order valence-electron chi connectivity index (χ0n) is 12.9. The van der Waals surface area contributed by atoms with Crippen LogP contribution in [0.1, 0.15) is 38.2 Å². The molecule has 1 amide bonds. The monoisotopic (exact) mass is 305 g/mol. The van der Waals surface area contributed by atoms with Crippen LogP contribution in [-0.4, -0.2) is 30.2 Å². The molecule has 0 radical (unpaired) electrons. The molecule has 1 fully saturated rings. The summed E-state index contributed by atoms with van der Waals surface area (Å²) < 4.78 is 5.29. The molecule has 1 aromatic carbocycles. The Balaban J connectivity index is 2.06. The summed E-state index contributed by atoms with van der Waals surface area (Å²) in [6.45, 7) is 3.22. The molecule has 0 aliphatic carbocycles. The third-order valence-corrected chi connectivity index (χ3v) is 4.32. The summed E-state index contributed by atoms with van der Waals surface area (Å²) in [5, 5.41) is 12.4. The normalized spacial score (nSPS) is 20.3. The van der Waals surface area contributed by atoms with Gasteiger partial charge in [0.1, 0.15) is 0 Å². The van der Waals surface area contributed by atoms with Crippen molar-refractivity contribution in [3.8, 4) is 0 Å². The van der Waals surface area contributed by atoms with Gasteiger partial charge in [-0.15, -0.1) is 0 Å². The van der Waals surface area contributed by atoms with E-state index >= 15 is 0 Å². The van der Waals surface area contributed by atoms with E-state index in [0.717, 1.165) is 19.4 Å². The quantitative estimate of drug-likeness (QED) is 0.810. The first-order valence-electron chi connectivity index (χ1n) is 7.76. The number of rotatable bonds is 7. The van der Waals surface area contributed by atoms with Gasteiger partial charge in [-0.1, -0.05) is 37.3 Å². The molecule has 1 aliphatic heterocycles. The number of carbonyl (C=O) groups is 2. The van der Waals surface area contributed by atoms with Crippen LogP contribution in [0.2, 0.25) is 0 Å². The second kappa shape index (κ2) is 7.40. The molecular weight excluding hydrogens is 282 g/mol. The Morgan fingerprint density at radius 2 is 2.09 bits per heavy atom. The van der Waals surface area contributed by atoms with Crippen molar-refractivity contribution in [2.45, 2.75) is 38.1 Å². The molecular formula is C17H23NO4. The maximum atomic E-state index is 12.2. The SMILES string of the molecule is CCC(NC(=O)CCC1CCOC1)(C(=O)O)c1ccccc1. The van der Waals surface area contributed by atoms with Gasteiger partial charge < -0.3 is 15.2 Å². The number of carbonyl (C=O) groups excluding carboxylic acids is 1. The van der Waals surface area contributed by atoms with E-state index in [0.29, 0.717) is 30.9 Å². The molecule has 0 aromatic heterocycles. The minimum Gasteiger partial charge on any atom is -0.479 e. The molecule has 1 saturated heterocycles. The van der Waals surface area contributed by atoms with Crippen molar-refractivity contribution in [3.63, 3.8) is 0 Å². The lowest BCUT2D eigenvalue weighted by Crippen LogP contribution is -2.51. The van der Waals surface area contributed by atoms with Crippen LogP contribution in [0.15, 0.2) is 30.3 Å². The summed E-state index contributed by atoms with van der Waals surface area (Å²) in [4.78, 5) is 24.1. The van der Waals surface area contributed by atoms with Crippen LogP contribution in [-0.2, 0) is 19.9 Å². The summed E-state index contributed by atoms with van der Waals surface area (Å²) in [6, 6.07) is 8.87. The Labute approximate surface area is 130 Å². The van der Waals surface area contributed by atoms with Crippen molar-refractivity contribution in [2.24, 2.45) is 5.92 Å². The van der Waals surface area contributed by atoms with Crippen molar-refractivity contribution in [1.82, 2.24) is 5.32 Å². The lowest BCUT2D eigenvalue weighted by atomic mass is 9.87. The second-order valence-electron chi connectivity index (χ2n) is 5.75. The van der Waals surface area contributed by atoms with Gasteiger partial charge in [0.25, 0.3) is 0 Å². The van der Waals surface area contributed by atoms with Crippen LogP contribution in [0.25, 0.3) is 0 Å². The number of aliphatic carboxylic acids is 1. The highest BCUT2D eigenvalue weighted by Crippen LogP contribution is 2.26. The van der Waals surface area contributed by atoms with Crippen LogP contribution in [0.3, 0.4) is 0 Å². The standard InChI is InChI=1S/C17H23NO4/c1-2-17(16(20)21,14-6-4-3-5-7-14)18-15(19)9-8-13-10-11-22-12-13/h3-7,13H,2,8-12H2,1H3,(H,18,19)(H,20,21). The zero-order chi connectivity index (χ0) is 16.0. The molecule has 22 heavy (non-hydrogen) atoms. The lowest BCUT2D eigenvalue weighted by Gasteiger charge is -2.30. The highest BCUT2D eigenvalue weighted by molar-refractivity contribution is 5.88. The fourth-order valence-electron chi connectivity index (χ4n) is 2.86. The number of benzene rings is 1. The molecule has 120 valence electrons. The van der Waals surface area contributed by atoms with Crippen molar-refractivity contribution in [1.29, 1.82) is 0 Å². The van der Waals surface area contributed by atoms with Gasteiger partial charge in [0, 0.05) is 19.6 Å². The van der Waals surface area contributed by atoms with E-state index in [1.165, 1.54) is 0 Å². The molecule has 2 rings (SSSR count). The molecule has 2 N–H and O–H groups in total. The van der Waals surface area contributed by atoms with E-state index in [1.807, 2.05) is 6.07 Å². The van der Waals surface area contributed by atoms with E-state index in [9.17, 15) is 14.7 Å². The van der Waals surface area contributed by atoms with Gasteiger partial charge in [-0.05, 0) is 30.7 Å². The Kier molecular flexibility index (Phi) is 5.55. The van der Waals surface area contributed by atoms with Gasteiger partial charge in [0.15, 0.2) is 5.54 Å². The van der Waals surface area contributed by atoms with E-state index in [2.05, 4.69) is 5.32 Å². The van der Waals surface area contributed by atoms with Gasteiger partial charge in [-0.25, -0.2) is 4.79 Å². The number of hydrogen-bond donors (Lipinski definition) is 2. The average Bonchev–Trinajstić information content (AvgIpc) is 3.04. The fraction of sp³-hybridized carbons (Fsp3) is 0.529. The summed E-state index contributed by atoms with van der Waals surface area (Å²) in [5.41, 5.74) is -0.757. The molecule has 5 nitrogen and oxygen atoms in total. The minimum atomic E-state index is -1.36. The summed E-state index contributed by atoms with van der Waals surface area (Å²) in [6.07, 6.45) is 2.34. The van der Waals surface area contributed by atoms with Crippen LogP contribution >= 0.6 is 0 Å². The third kappa shape index (κ3) is 3.65. The van der Waals surface area contributed by atoms with Gasteiger partial charge in [-0.3, -0.25) is 4.79 Å². The topological polar surface area (TPSA) is 75.6 Å². The number of nitrogens with one attached hydrogen (secondary N) is 1. The molecule has 0 spiro atoms. The summed E-state index contributed by atoms with van der Waals surface area (Å²) in [7, 11) is 0. The second-order valence-corrected chi connectivity index (χ2v) is 5.75. The van der Waals surface area contributed by atoms with Crippen LogP contribution in [0, 0.1) is 5.92 Å². The Bertz CT molecular complexity index is 511. The van der Waals surface area contributed by atoms with Gasteiger partial charge in [0.2, 0.25) is 5.91 Å². The number of hydrogen-bond acceptors (Lipinski definition) is 3. The van der Waals surface area contributed by atoms with Crippen molar-refractivity contribution >= 4 is 11.9 Å². The van der Waals surface area contributed by atoms with Crippen molar-refractivity contribution < 1.29 is 19.4 Å². The smallest absolute Gasteiger partial charge is 0.334 e. The number of carboxylic acid groups (broad SMARTS) is 1. The maximum Gasteiger partial charge on any atom is 0.334 e. The van der Waals surface area contributed by atoms with Gasteiger partial charge in [-0.2, -0.15) is 0 Å². The van der Waals surface area contributed by atoms with Gasteiger partial charge >= 0.3 is 5.97 Å². The maximum absolute atomic E-state index is 12.2. The first kappa shape index (κ1) is 16.5. The van der Waals surface area contributed by atoms with Crippen LogP contribution in [0.5, 0.6) is 0 Å². The van der Waals surface area contributed by atoms with Crippen LogP contribution in [0.4, 0.5) is 0 Å². The molecule has 0 saturated carbocycles. The van der Waals surface area contributed by atoms with Gasteiger partial charge in [0.05, 0.1) is 0 Å². The molecule has 2 atom stereocenters. The molecule has 2 unspecified atom stereocenters. The zero-order valence-corrected chi connectivity index (χ0v) is 12.9. The largest absolute Gasteiger partial charge is 0.479 e. The predicted octanol–water partition coefficient (Wildman–Crippen LogP) is 2.31. The minimum absolute atomic E-state index is 0.222. The summed E-state index contributed by atoms with van der Waals surface area (Å²) in [5.74, 6) is -0.845. The first-order valence-corrected chi connectivity index (χ1v) is 7.76. The fourth-order valence-corrected chi connectivity index (χ4v) is 2.86. The summed E-state index contributed by atoms with van der Waals surface area (Å²) >= 11 is 0. The van der Waals surface area contributed by atoms with Crippen molar-refractivity contribution in [3.05, 3.63) is 35.9 Å². The number of carboxylic acids is 1. The molecule has 0 bridgehead atoms. The molecule has 1 heterocycles. The average molecular weight is 305 g/mol. The lowest BCUT2D eigenvalue weighted by molar-refractivity contribution is -0.148. The third-order valence-electron chi connectivity index (χ3n) is 4.32. The highest BCUT2D eigenvalue weighted by Gasteiger charge is 2.40. The molecule has 1 aliphatic rings. The van der Waals surface area contributed by atoms with Crippen LogP contribution < -0.4 is 5.32 Å². The Hall–Kier alpha value is -1.88. The van der Waals surface area contributed by atoms with E-state index in [1.54, 1.807) is 31.2 Å². The van der Waals surface area contributed by atoms with Crippen molar-refractivity contribution in [2.75, 3.05) is 13.2 Å². The molecule has 5 heteroatoms. The van der Waals surface area contributed by atoms with E-state index in [-0.39, 0.29) is 5.91 Å². The molecule has 1 aromatic rings. The number of ether oxygens (including phenoxy) is 1. The van der Waals surface area contributed by atoms with E-state index < -0.39 is 11.5 Å². The number of amides is 1. The Morgan fingerprint density at radius 1 is 1.36 bits per heavy atom. The Morgan fingerprint density at radius 3 is 2.64 bits per heavy atom. The van der Waals surface area contributed by atoms with E-state index in [4.69, 9.17) is 4.74 Å². The predicted molar refractivity (Wildman–Crippen MR) is 82.3 cm³/mol. The highest BCUT2D eigenvalue weighted by atomic mass is 16.5.